The Kier molecular flexibility index (Phi) is 1.68. The Hall–Kier alpha value is -0.780. The van der Waals surface area contributed by atoms with Gasteiger partial charge in [0.2, 0.25) is 0 Å². The van der Waals surface area contributed by atoms with Crippen molar-refractivity contribution >= 4 is 0 Å². The second-order valence-electron chi connectivity index (χ2n) is 1.96. The smallest absolute Gasteiger partial charge is 0.00128 e. The average molecular weight is 106 g/mol. The molecule has 0 bridgehead atoms. The summed E-state index contributed by atoms with van der Waals surface area (Å²) in [5.41, 5.74) is 0. The van der Waals surface area contributed by atoms with Gasteiger partial charge in [-0.15, -0.1) is 6.58 Å². The molecule has 0 saturated heterocycles. The quantitative estimate of drug-likeness (QED) is 0.474. The first-order valence-electron chi connectivity index (χ1n) is 2.89. The van der Waals surface area contributed by atoms with E-state index in [1.54, 1.807) is 0 Å². The van der Waals surface area contributed by atoms with Gasteiger partial charge in [0.15, 0.2) is 0 Å². The lowest BCUT2D eigenvalue weighted by Gasteiger charge is -1.95. The van der Waals surface area contributed by atoms with Gasteiger partial charge in [-0.1, -0.05) is 30.4 Å². The van der Waals surface area contributed by atoms with Gasteiger partial charge in [-0.25, -0.2) is 0 Å². The summed E-state index contributed by atoms with van der Waals surface area (Å²) in [5, 5.41) is 0. The van der Waals surface area contributed by atoms with Gasteiger partial charge < -0.3 is 0 Å². The van der Waals surface area contributed by atoms with E-state index < -0.39 is 0 Å². The predicted octanol–water partition coefficient (Wildman–Crippen LogP) is 2.30. The lowest BCUT2D eigenvalue weighted by atomic mass is 10.1. The van der Waals surface area contributed by atoms with E-state index >= 15 is 0 Å². The van der Waals surface area contributed by atoms with Gasteiger partial charge in [-0.2, -0.15) is 0 Å². The van der Waals surface area contributed by atoms with E-state index in [0.717, 1.165) is 6.42 Å². The largest absolute Gasteiger partial charge is 0.103 e. The SMILES string of the molecule is C=CCC1C=CC=C1. The second kappa shape index (κ2) is 2.51. The van der Waals surface area contributed by atoms with Crippen LogP contribution in [-0.4, -0.2) is 0 Å². The molecule has 0 fully saturated rings. The van der Waals surface area contributed by atoms with Gasteiger partial charge in [0, 0.05) is 0 Å². The van der Waals surface area contributed by atoms with Gasteiger partial charge >= 0.3 is 0 Å². The van der Waals surface area contributed by atoms with Crippen LogP contribution in [0.1, 0.15) is 6.42 Å². The van der Waals surface area contributed by atoms with E-state index in [9.17, 15) is 0 Å². The highest BCUT2D eigenvalue weighted by molar-refractivity contribution is 5.18. The molecule has 0 spiro atoms. The van der Waals surface area contributed by atoms with Crippen molar-refractivity contribution in [1.82, 2.24) is 0 Å². The van der Waals surface area contributed by atoms with Crippen LogP contribution in [0.4, 0.5) is 0 Å². The summed E-state index contributed by atoms with van der Waals surface area (Å²) in [4.78, 5) is 0. The molecule has 8 heavy (non-hydrogen) atoms. The first-order valence-corrected chi connectivity index (χ1v) is 2.89. The van der Waals surface area contributed by atoms with E-state index in [-0.39, 0.29) is 0 Å². The van der Waals surface area contributed by atoms with Crippen LogP contribution >= 0.6 is 0 Å². The fourth-order valence-corrected chi connectivity index (χ4v) is 0.827. The monoisotopic (exact) mass is 106 g/mol. The molecule has 0 nitrogen and oxygen atoms in total. The molecule has 1 rings (SSSR count). The average Bonchev–Trinajstić information content (AvgIpc) is 2.19. The van der Waals surface area contributed by atoms with Gasteiger partial charge in [-0.3, -0.25) is 0 Å². The summed E-state index contributed by atoms with van der Waals surface area (Å²) >= 11 is 0. The zero-order valence-corrected chi connectivity index (χ0v) is 4.88. The van der Waals surface area contributed by atoms with Gasteiger partial charge in [0.25, 0.3) is 0 Å². The first kappa shape index (κ1) is 5.36. The Bertz CT molecular complexity index is 117. The maximum absolute atomic E-state index is 3.66. The molecule has 0 unspecified atom stereocenters. The lowest BCUT2D eigenvalue weighted by Crippen LogP contribution is -1.82. The van der Waals surface area contributed by atoms with Crippen molar-refractivity contribution in [1.29, 1.82) is 0 Å². The second-order valence-corrected chi connectivity index (χ2v) is 1.96. The zero-order valence-electron chi connectivity index (χ0n) is 4.88. The van der Waals surface area contributed by atoms with Crippen molar-refractivity contribution in [2.45, 2.75) is 6.42 Å². The van der Waals surface area contributed by atoms with Crippen LogP contribution in [0.5, 0.6) is 0 Å². The summed E-state index contributed by atoms with van der Waals surface area (Å²) in [6.45, 7) is 3.66. The Morgan fingerprint density at radius 1 is 1.38 bits per heavy atom. The third-order valence-electron chi connectivity index (χ3n) is 1.27. The van der Waals surface area contributed by atoms with Gasteiger partial charge in [0.1, 0.15) is 0 Å². The summed E-state index contributed by atoms with van der Waals surface area (Å²) < 4.78 is 0. The fourth-order valence-electron chi connectivity index (χ4n) is 0.827. The van der Waals surface area contributed by atoms with E-state index in [0.29, 0.717) is 5.92 Å². The van der Waals surface area contributed by atoms with E-state index in [1.165, 1.54) is 0 Å². The number of hydrogen-bond donors (Lipinski definition) is 0. The molecule has 1 aliphatic rings. The van der Waals surface area contributed by atoms with Gasteiger partial charge in [0.05, 0.1) is 0 Å². The summed E-state index contributed by atoms with van der Waals surface area (Å²) in [5.74, 6) is 0.632. The normalized spacial score (nSPS) is 17.5. The Balaban J connectivity index is 2.37. The maximum Gasteiger partial charge on any atom is -0.00128 e. The van der Waals surface area contributed by atoms with Crippen molar-refractivity contribution in [2.24, 2.45) is 5.92 Å². The standard InChI is InChI=1S/C8H10/c1-2-5-8-6-3-4-7-8/h2-4,6-8H,1,5H2. The molecule has 0 amide bonds. The molecule has 0 atom stereocenters. The minimum absolute atomic E-state index is 0.632. The molecule has 0 aliphatic heterocycles. The molecule has 42 valence electrons. The van der Waals surface area contributed by atoms with Crippen LogP contribution in [0.15, 0.2) is 37.0 Å². The third-order valence-corrected chi connectivity index (χ3v) is 1.27. The molecule has 0 heterocycles. The topological polar surface area (TPSA) is 0 Å². The highest BCUT2D eigenvalue weighted by atomic mass is 14.0. The van der Waals surface area contributed by atoms with Crippen molar-refractivity contribution in [3.63, 3.8) is 0 Å². The third kappa shape index (κ3) is 1.09. The molecular weight excluding hydrogens is 96.1 g/mol. The van der Waals surface area contributed by atoms with Crippen molar-refractivity contribution < 1.29 is 0 Å². The Labute approximate surface area is 50.2 Å². The maximum atomic E-state index is 3.66. The van der Waals surface area contributed by atoms with Crippen molar-refractivity contribution in [3.8, 4) is 0 Å². The highest BCUT2D eigenvalue weighted by Gasteiger charge is 1.97. The van der Waals surface area contributed by atoms with Crippen LogP contribution in [-0.2, 0) is 0 Å². The summed E-state index contributed by atoms with van der Waals surface area (Å²) in [6.07, 6.45) is 11.5. The van der Waals surface area contributed by atoms with Crippen molar-refractivity contribution in [2.75, 3.05) is 0 Å². The lowest BCUT2D eigenvalue weighted by molar-refractivity contribution is 0.846. The van der Waals surface area contributed by atoms with E-state index in [2.05, 4.69) is 30.9 Å². The van der Waals surface area contributed by atoms with Crippen LogP contribution < -0.4 is 0 Å². The van der Waals surface area contributed by atoms with Crippen LogP contribution in [0.25, 0.3) is 0 Å². The van der Waals surface area contributed by atoms with Crippen molar-refractivity contribution in [3.05, 3.63) is 37.0 Å². The Morgan fingerprint density at radius 3 is 2.50 bits per heavy atom. The molecule has 0 radical (unpaired) electrons. The molecule has 0 heteroatoms. The predicted molar refractivity (Wildman–Crippen MR) is 36.6 cm³/mol. The zero-order chi connectivity index (χ0) is 5.82. The number of rotatable bonds is 2. The van der Waals surface area contributed by atoms with Crippen LogP contribution in [0, 0.1) is 5.92 Å². The van der Waals surface area contributed by atoms with E-state index in [4.69, 9.17) is 0 Å². The first-order chi connectivity index (χ1) is 3.93. The van der Waals surface area contributed by atoms with Gasteiger partial charge in [-0.05, 0) is 12.3 Å². The van der Waals surface area contributed by atoms with Crippen LogP contribution in [0.3, 0.4) is 0 Å². The number of hydrogen-bond acceptors (Lipinski definition) is 0. The molecule has 0 N–H and O–H groups in total. The summed E-state index contributed by atoms with van der Waals surface area (Å²) in [7, 11) is 0. The minimum atomic E-state index is 0.632. The molecule has 0 aromatic carbocycles. The molecular formula is C8H10. The molecule has 0 aromatic rings. The minimum Gasteiger partial charge on any atom is -0.103 e. The summed E-state index contributed by atoms with van der Waals surface area (Å²) in [6, 6.07) is 0. The number of allylic oxidation sites excluding steroid dienone is 5. The fraction of sp³-hybridized carbons (Fsp3) is 0.250. The highest BCUT2D eigenvalue weighted by Crippen LogP contribution is 2.12. The van der Waals surface area contributed by atoms with E-state index in [1.807, 2.05) is 6.08 Å². The Morgan fingerprint density at radius 2 is 2.00 bits per heavy atom. The van der Waals surface area contributed by atoms with Crippen LogP contribution in [0.2, 0.25) is 0 Å². The molecule has 0 saturated carbocycles. The molecule has 1 aliphatic carbocycles. The molecule has 0 aromatic heterocycles.